The van der Waals surface area contributed by atoms with Crippen LogP contribution in [-0.2, 0) is 11.3 Å². The maximum Gasteiger partial charge on any atom is 0.281 e. The van der Waals surface area contributed by atoms with Gasteiger partial charge < -0.3 is 14.8 Å². The minimum absolute atomic E-state index is 0.0680. The summed E-state index contributed by atoms with van der Waals surface area (Å²) in [4.78, 5) is 23.4. The van der Waals surface area contributed by atoms with Crippen molar-refractivity contribution in [3.05, 3.63) is 52.5 Å². The topological polar surface area (TPSA) is 105 Å². The van der Waals surface area contributed by atoms with E-state index in [2.05, 4.69) is 15.5 Å². The van der Waals surface area contributed by atoms with Crippen molar-refractivity contribution < 1.29 is 19.1 Å². The lowest BCUT2D eigenvalue weighted by atomic mass is 10.2. The molecular weight excluding hydrogens is 318 g/mol. The number of ketones is 1. The van der Waals surface area contributed by atoms with Crippen molar-refractivity contribution in [2.24, 2.45) is 0 Å². The summed E-state index contributed by atoms with van der Waals surface area (Å²) in [6.45, 7) is 2.80. The number of hydrogen-bond donors (Lipinski definition) is 2. The summed E-state index contributed by atoms with van der Waals surface area (Å²) in [6.07, 6.45) is 0. The van der Waals surface area contributed by atoms with Crippen LogP contribution in [0, 0.1) is 0 Å². The van der Waals surface area contributed by atoms with Crippen LogP contribution in [0.5, 0.6) is 0 Å². The molecule has 0 fully saturated rings. The monoisotopic (exact) mass is 333 g/mol. The van der Waals surface area contributed by atoms with Gasteiger partial charge in [-0.2, -0.15) is 0 Å². The number of rotatable bonds is 6. The Labute approximate surface area is 136 Å². The minimum Gasteiger partial charge on any atom is -0.511 e. The van der Waals surface area contributed by atoms with E-state index in [1.54, 1.807) is 24.3 Å². The van der Waals surface area contributed by atoms with E-state index < -0.39 is 0 Å². The number of carbonyl (C=O) groups is 2. The van der Waals surface area contributed by atoms with Gasteiger partial charge in [-0.15, -0.1) is 10.2 Å². The van der Waals surface area contributed by atoms with Crippen molar-refractivity contribution in [2.75, 3.05) is 0 Å². The summed E-state index contributed by atoms with van der Waals surface area (Å²) in [5, 5.41) is 19.8. The number of allylic oxidation sites excluding steroid dienone is 2. The van der Waals surface area contributed by atoms with E-state index in [1.807, 2.05) is 6.07 Å². The Morgan fingerprint density at radius 1 is 1.22 bits per heavy atom. The lowest BCUT2D eigenvalue weighted by Crippen LogP contribution is -2.22. The molecule has 2 N–H and O–H groups in total. The van der Waals surface area contributed by atoms with Crippen LogP contribution in [0.15, 0.2) is 50.6 Å². The molecule has 0 aliphatic heterocycles. The van der Waals surface area contributed by atoms with Gasteiger partial charge in [-0.25, -0.2) is 0 Å². The maximum atomic E-state index is 11.9. The molecule has 2 rings (SSSR count). The van der Waals surface area contributed by atoms with E-state index in [4.69, 9.17) is 4.42 Å². The number of hydrogen-bond acceptors (Lipinski definition) is 7. The van der Waals surface area contributed by atoms with Gasteiger partial charge in [-0.3, -0.25) is 9.59 Å². The normalized spacial score (nSPS) is 11.7. The van der Waals surface area contributed by atoms with Crippen molar-refractivity contribution in [1.82, 2.24) is 15.5 Å². The minimum atomic E-state index is -0.299. The van der Waals surface area contributed by atoms with E-state index in [0.717, 1.165) is 11.8 Å². The zero-order valence-electron chi connectivity index (χ0n) is 12.6. The summed E-state index contributed by atoms with van der Waals surface area (Å²) in [5.41, 5.74) is 0.527. The molecule has 0 aliphatic carbocycles. The molecule has 1 amide bonds. The molecular formula is C15H15N3O4S. The fraction of sp³-hybridized carbons (Fsp3) is 0.200. The molecule has 0 bridgehead atoms. The highest BCUT2D eigenvalue weighted by molar-refractivity contribution is 8.03. The number of carbonyl (C=O) groups excluding carboxylic acids is 2. The maximum absolute atomic E-state index is 11.9. The molecule has 8 heteroatoms. The summed E-state index contributed by atoms with van der Waals surface area (Å²) in [6, 6.07) is 8.74. The molecule has 0 saturated heterocycles. The number of benzene rings is 1. The molecule has 0 atom stereocenters. The lowest BCUT2D eigenvalue weighted by Gasteiger charge is -2.02. The predicted octanol–water partition coefficient (Wildman–Crippen LogP) is 2.47. The summed E-state index contributed by atoms with van der Waals surface area (Å²) in [7, 11) is 0. The molecule has 2 aromatic rings. The average Bonchev–Trinajstić information content (AvgIpc) is 2.98. The van der Waals surface area contributed by atoms with E-state index in [0.29, 0.717) is 5.56 Å². The van der Waals surface area contributed by atoms with Crippen LogP contribution in [-0.4, -0.2) is 27.0 Å². The highest BCUT2D eigenvalue weighted by atomic mass is 32.2. The van der Waals surface area contributed by atoms with Crippen LogP contribution < -0.4 is 5.32 Å². The molecule has 23 heavy (non-hydrogen) atoms. The van der Waals surface area contributed by atoms with Crippen molar-refractivity contribution in [2.45, 2.75) is 25.6 Å². The van der Waals surface area contributed by atoms with Gasteiger partial charge in [0.25, 0.3) is 11.1 Å². The van der Waals surface area contributed by atoms with Crippen molar-refractivity contribution in [3.63, 3.8) is 0 Å². The second-order valence-corrected chi connectivity index (χ2v) is 5.54. The number of nitrogens with one attached hydrogen (secondary N) is 1. The number of amides is 1. The van der Waals surface area contributed by atoms with Crippen LogP contribution in [0.25, 0.3) is 0 Å². The summed E-state index contributed by atoms with van der Waals surface area (Å²) in [5.74, 6) is -0.462. The van der Waals surface area contributed by atoms with Gasteiger partial charge >= 0.3 is 0 Å². The van der Waals surface area contributed by atoms with E-state index in [9.17, 15) is 14.7 Å². The molecule has 1 heterocycles. The number of nitrogens with zero attached hydrogens (tertiary/aromatic N) is 2. The van der Waals surface area contributed by atoms with Crippen LogP contribution in [0.2, 0.25) is 0 Å². The average molecular weight is 333 g/mol. The Balaban J connectivity index is 1.96. The first-order chi connectivity index (χ1) is 11.0. The molecule has 120 valence electrons. The molecule has 0 saturated carbocycles. The third kappa shape index (κ3) is 4.68. The quantitative estimate of drug-likeness (QED) is 0.475. The Bertz CT molecular complexity index is 736. The Morgan fingerprint density at radius 3 is 2.52 bits per heavy atom. The van der Waals surface area contributed by atoms with Crippen molar-refractivity contribution >= 4 is 23.5 Å². The predicted molar refractivity (Wildman–Crippen MR) is 83.8 cm³/mol. The first-order valence-electron chi connectivity index (χ1n) is 6.71. The molecule has 1 aromatic heterocycles. The molecule has 0 spiro atoms. The largest absolute Gasteiger partial charge is 0.511 e. The van der Waals surface area contributed by atoms with Gasteiger partial charge in [0.2, 0.25) is 5.89 Å². The fourth-order valence-corrected chi connectivity index (χ4v) is 2.37. The van der Waals surface area contributed by atoms with Crippen LogP contribution in [0.4, 0.5) is 0 Å². The van der Waals surface area contributed by atoms with Gasteiger partial charge in [0.05, 0.1) is 11.4 Å². The van der Waals surface area contributed by atoms with Gasteiger partial charge in [0, 0.05) is 5.56 Å². The van der Waals surface area contributed by atoms with Gasteiger partial charge in [-0.1, -0.05) is 18.2 Å². The van der Waals surface area contributed by atoms with Crippen LogP contribution >= 0.6 is 11.8 Å². The zero-order valence-corrected chi connectivity index (χ0v) is 13.4. The molecule has 0 radical (unpaired) electrons. The molecule has 1 aromatic carbocycles. The third-order valence-corrected chi connectivity index (χ3v) is 3.85. The third-order valence-electron chi connectivity index (χ3n) is 2.72. The molecule has 0 unspecified atom stereocenters. The second kappa shape index (κ2) is 7.59. The first-order valence-corrected chi connectivity index (χ1v) is 7.53. The van der Waals surface area contributed by atoms with Crippen molar-refractivity contribution in [3.8, 4) is 0 Å². The van der Waals surface area contributed by atoms with E-state index >= 15 is 0 Å². The van der Waals surface area contributed by atoms with Gasteiger partial charge in [-0.05, 0) is 37.7 Å². The molecule has 0 aliphatic rings. The summed E-state index contributed by atoms with van der Waals surface area (Å²) >= 11 is 0.883. The van der Waals surface area contributed by atoms with E-state index in [-0.39, 0.29) is 40.0 Å². The SMILES string of the molecule is CC(=O)/C(Sc1nnc(CNC(=O)c2ccccc2)o1)=C(\C)O. The van der Waals surface area contributed by atoms with Crippen LogP contribution in [0.1, 0.15) is 30.1 Å². The Hall–Kier alpha value is -2.61. The van der Waals surface area contributed by atoms with Crippen molar-refractivity contribution in [1.29, 1.82) is 0 Å². The first kappa shape index (κ1) is 16.8. The Kier molecular flexibility index (Phi) is 5.53. The second-order valence-electron chi connectivity index (χ2n) is 4.58. The molecule has 7 nitrogen and oxygen atoms in total. The number of aliphatic hydroxyl groups is 1. The van der Waals surface area contributed by atoms with Crippen LogP contribution in [0.3, 0.4) is 0 Å². The number of aromatic nitrogens is 2. The smallest absolute Gasteiger partial charge is 0.281 e. The number of aliphatic hydroxyl groups excluding tert-OH is 1. The summed E-state index contributed by atoms with van der Waals surface area (Å²) < 4.78 is 5.33. The highest BCUT2D eigenvalue weighted by Gasteiger charge is 2.16. The lowest BCUT2D eigenvalue weighted by molar-refractivity contribution is -0.113. The highest BCUT2D eigenvalue weighted by Crippen LogP contribution is 2.27. The standard InChI is InChI=1S/C15H15N3O4S/c1-9(19)13(10(2)20)23-15-18-17-12(22-15)8-16-14(21)11-6-4-3-5-7-11/h3-7,19H,8H2,1-2H3,(H,16,21)/b13-9-. The van der Waals surface area contributed by atoms with Gasteiger partial charge in [0.1, 0.15) is 5.76 Å². The number of Topliss-reactive ketones (excluding diaryl/α,β-unsaturated/α-hetero) is 1. The fourth-order valence-electron chi connectivity index (χ4n) is 1.69. The number of thioether (sulfide) groups is 1. The Morgan fingerprint density at radius 2 is 1.91 bits per heavy atom. The van der Waals surface area contributed by atoms with Gasteiger partial charge in [0.15, 0.2) is 5.78 Å². The zero-order chi connectivity index (χ0) is 16.8. The van der Waals surface area contributed by atoms with E-state index in [1.165, 1.54) is 13.8 Å².